The lowest BCUT2D eigenvalue weighted by molar-refractivity contribution is 0.293. The van der Waals surface area contributed by atoms with Gasteiger partial charge in [-0.2, -0.15) is 0 Å². The van der Waals surface area contributed by atoms with Gasteiger partial charge in [0.2, 0.25) is 0 Å². The van der Waals surface area contributed by atoms with Gasteiger partial charge in [-0.3, -0.25) is 4.90 Å². The van der Waals surface area contributed by atoms with Gasteiger partial charge in [0.25, 0.3) is 0 Å². The number of fused-ring (bicyclic) bond motifs is 1. The number of rotatable bonds is 4. The van der Waals surface area contributed by atoms with Crippen LogP contribution in [0, 0.1) is 11.8 Å². The van der Waals surface area contributed by atoms with Gasteiger partial charge < -0.3 is 14.8 Å². The van der Waals surface area contributed by atoms with E-state index in [4.69, 9.17) is 9.47 Å². The van der Waals surface area contributed by atoms with Crippen molar-refractivity contribution in [2.24, 2.45) is 11.8 Å². The fourth-order valence-corrected chi connectivity index (χ4v) is 3.40. The van der Waals surface area contributed by atoms with Gasteiger partial charge in [0, 0.05) is 25.2 Å². The van der Waals surface area contributed by atoms with Gasteiger partial charge in [-0.1, -0.05) is 12.1 Å². The Bertz CT molecular complexity index is 438. The Morgan fingerprint density at radius 1 is 1.16 bits per heavy atom. The summed E-state index contributed by atoms with van der Waals surface area (Å²) < 4.78 is 10.9. The number of para-hydroxylation sites is 1. The highest BCUT2D eigenvalue weighted by molar-refractivity contribution is 5.46. The number of hydrogen-bond donors (Lipinski definition) is 1. The zero-order chi connectivity index (χ0) is 13.2. The van der Waals surface area contributed by atoms with Crippen LogP contribution in [0.4, 0.5) is 0 Å². The largest absolute Gasteiger partial charge is 0.493 e. The number of methoxy groups -OCH3 is 2. The van der Waals surface area contributed by atoms with Crippen molar-refractivity contribution in [2.75, 3.05) is 40.4 Å². The molecule has 1 N–H and O–H groups in total. The minimum absolute atomic E-state index is 0.820. The van der Waals surface area contributed by atoms with Gasteiger partial charge in [0.05, 0.1) is 14.2 Å². The van der Waals surface area contributed by atoms with Gasteiger partial charge in [0.1, 0.15) is 0 Å². The summed E-state index contributed by atoms with van der Waals surface area (Å²) in [6.07, 6.45) is 0. The smallest absolute Gasteiger partial charge is 0.165 e. The molecule has 2 unspecified atom stereocenters. The van der Waals surface area contributed by atoms with Crippen molar-refractivity contribution in [1.82, 2.24) is 10.2 Å². The molecular weight excluding hydrogens is 240 g/mol. The Kier molecular flexibility index (Phi) is 3.62. The van der Waals surface area contributed by atoms with Gasteiger partial charge in [-0.05, 0) is 31.0 Å². The summed E-state index contributed by atoms with van der Waals surface area (Å²) in [6, 6.07) is 6.12. The summed E-state index contributed by atoms with van der Waals surface area (Å²) in [6.45, 7) is 5.69. The minimum atomic E-state index is 0.820. The van der Waals surface area contributed by atoms with Gasteiger partial charge in [-0.25, -0.2) is 0 Å². The molecule has 0 radical (unpaired) electrons. The molecule has 1 aromatic carbocycles. The van der Waals surface area contributed by atoms with Crippen LogP contribution in [-0.2, 0) is 6.54 Å². The average Bonchev–Trinajstić information content (AvgIpc) is 2.99. The molecule has 0 spiro atoms. The van der Waals surface area contributed by atoms with Crippen LogP contribution in [0.25, 0.3) is 0 Å². The number of hydrogen-bond acceptors (Lipinski definition) is 4. The molecule has 0 saturated carbocycles. The van der Waals surface area contributed by atoms with Crippen LogP contribution in [0.2, 0.25) is 0 Å². The molecule has 2 saturated heterocycles. The van der Waals surface area contributed by atoms with Crippen molar-refractivity contribution in [2.45, 2.75) is 6.54 Å². The van der Waals surface area contributed by atoms with Gasteiger partial charge >= 0.3 is 0 Å². The molecule has 2 aliphatic rings. The zero-order valence-corrected chi connectivity index (χ0v) is 11.7. The second-order valence-electron chi connectivity index (χ2n) is 5.53. The molecular formula is C15H22N2O2. The predicted octanol–water partition coefficient (Wildman–Crippen LogP) is 1.35. The maximum Gasteiger partial charge on any atom is 0.165 e. The average molecular weight is 262 g/mol. The molecule has 0 amide bonds. The van der Waals surface area contributed by atoms with Gasteiger partial charge in [-0.15, -0.1) is 0 Å². The fourth-order valence-electron chi connectivity index (χ4n) is 3.40. The van der Waals surface area contributed by atoms with Crippen LogP contribution >= 0.6 is 0 Å². The highest BCUT2D eigenvalue weighted by Gasteiger charge is 2.36. The highest BCUT2D eigenvalue weighted by atomic mass is 16.5. The van der Waals surface area contributed by atoms with Gasteiger partial charge in [0.15, 0.2) is 11.5 Å². The predicted molar refractivity (Wildman–Crippen MR) is 74.7 cm³/mol. The van der Waals surface area contributed by atoms with Crippen LogP contribution < -0.4 is 14.8 Å². The first-order valence-corrected chi connectivity index (χ1v) is 6.94. The third kappa shape index (κ3) is 2.42. The van der Waals surface area contributed by atoms with Crippen molar-refractivity contribution in [3.8, 4) is 11.5 Å². The van der Waals surface area contributed by atoms with Crippen LogP contribution in [0.1, 0.15) is 5.56 Å². The Balaban J connectivity index is 1.73. The molecule has 2 aliphatic heterocycles. The van der Waals surface area contributed by atoms with E-state index in [1.54, 1.807) is 14.2 Å². The number of nitrogens with zero attached hydrogens (tertiary/aromatic N) is 1. The molecule has 1 aromatic rings. The first-order chi connectivity index (χ1) is 9.31. The molecule has 0 aromatic heterocycles. The Hall–Kier alpha value is -1.26. The molecule has 4 nitrogen and oxygen atoms in total. The summed E-state index contributed by atoms with van der Waals surface area (Å²) in [5, 5.41) is 3.48. The maximum absolute atomic E-state index is 5.51. The van der Waals surface area contributed by atoms with Crippen molar-refractivity contribution < 1.29 is 9.47 Å². The second-order valence-corrected chi connectivity index (χ2v) is 5.53. The maximum atomic E-state index is 5.51. The molecule has 104 valence electrons. The third-order valence-corrected chi connectivity index (χ3v) is 4.34. The molecule has 4 heteroatoms. The summed E-state index contributed by atoms with van der Waals surface area (Å²) in [5.41, 5.74) is 1.22. The molecule has 0 aliphatic carbocycles. The fraction of sp³-hybridized carbons (Fsp3) is 0.600. The van der Waals surface area contributed by atoms with Crippen molar-refractivity contribution in [3.63, 3.8) is 0 Å². The van der Waals surface area contributed by atoms with Crippen LogP contribution in [0.15, 0.2) is 18.2 Å². The summed E-state index contributed by atoms with van der Waals surface area (Å²) in [5.74, 6) is 3.36. The van der Waals surface area contributed by atoms with Crippen molar-refractivity contribution in [1.29, 1.82) is 0 Å². The lowest BCUT2D eigenvalue weighted by Gasteiger charge is -2.19. The molecule has 19 heavy (non-hydrogen) atoms. The molecule has 3 rings (SSSR count). The highest BCUT2D eigenvalue weighted by Crippen LogP contribution is 2.34. The first-order valence-electron chi connectivity index (χ1n) is 6.94. The molecule has 0 bridgehead atoms. The van der Waals surface area contributed by atoms with Crippen LogP contribution in [0.3, 0.4) is 0 Å². The first kappa shape index (κ1) is 12.8. The summed E-state index contributed by atoms with van der Waals surface area (Å²) in [7, 11) is 3.40. The zero-order valence-electron chi connectivity index (χ0n) is 11.7. The quantitative estimate of drug-likeness (QED) is 0.888. The topological polar surface area (TPSA) is 33.7 Å². The molecule has 2 atom stereocenters. The van der Waals surface area contributed by atoms with E-state index in [0.29, 0.717) is 0 Å². The minimum Gasteiger partial charge on any atom is -0.493 e. The van der Waals surface area contributed by atoms with E-state index < -0.39 is 0 Å². The number of ether oxygens (including phenoxy) is 2. The molecule has 2 fully saturated rings. The number of likely N-dealkylation sites (tertiary alicyclic amines) is 1. The normalized spacial score (nSPS) is 26.4. The standard InChI is InChI=1S/C15H22N2O2/c1-18-14-5-3-4-11(15(14)19-2)8-17-9-12-6-16-7-13(12)10-17/h3-5,12-13,16H,6-10H2,1-2H3. The third-order valence-electron chi connectivity index (χ3n) is 4.34. The second kappa shape index (κ2) is 5.39. The number of nitrogens with one attached hydrogen (secondary N) is 1. The lowest BCUT2D eigenvalue weighted by Crippen LogP contribution is -2.25. The summed E-state index contributed by atoms with van der Waals surface area (Å²) in [4.78, 5) is 2.54. The lowest BCUT2D eigenvalue weighted by atomic mass is 10.0. The Labute approximate surface area is 114 Å². The number of benzene rings is 1. The Morgan fingerprint density at radius 3 is 2.53 bits per heavy atom. The van der Waals surface area contributed by atoms with E-state index in [0.717, 1.165) is 29.9 Å². The van der Waals surface area contributed by atoms with Crippen molar-refractivity contribution >= 4 is 0 Å². The van der Waals surface area contributed by atoms with E-state index in [1.807, 2.05) is 12.1 Å². The van der Waals surface area contributed by atoms with E-state index >= 15 is 0 Å². The monoisotopic (exact) mass is 262 g/mol. The molecule has 2 heterocycles. The Morgan fingerprint density at radius 2 is 1.89 bits per heavy atom. The van der Waals surface area contributed by atoms with E-state index in [2.05, 4.69) is 16.3 Å². The van der Waals surface area contributed by atoms with E-state index in [9.17, 15) is 0 Å². The van der Waals surface area contributed by atoms with Crippen LogP contribution in [0.5, 0.6) is 11.5 Å². The van der Waals surface area contributed by atoms with E-state index in [1.165, 1.54) is 31.7 Å². The van der Waals surface area contributed by atoms with Crippen LogP contribution in [-0.4, -0.2) is 45.3 Å². The van der Waals surface area contributed by atoms with E-state index in [-0.39, 0.29) is 0 Å². The van der Waals surface area contributed by atoms with Crippen molar-refractivity contribution in [3.05, 3.63) is 23.8 Å². The summed E-state index contributed by atoms with van der Waals surface area (Å²) >= 11 is 0. The SMILES string of the molecule is COc1cccc(CN2CC3CNCC3C2)c1OC.